The van der Waals surface area contributed by atoms with Gasteiger partial charge in [0.25, 0.3) is 0 Å². The van der Waals surface area contributed by atoms with Gasteiger partial charge in [-0.15, -0.1) is 0 Å². The van der Waals surface area contributed by atoms with Gasteiger partial charge in [0.15, 0.2) is 0 Å². The Balaban J connectivity index is 3.39. The van der Waals surface area contributed by atoms with Crippen LogP contribution in [0.2, 0.25) is 0 Å². The summed E-state index contributed by atoms with van der Waals surface area (Å²) in [5.74, 6) is -0.0827. The smallest absolute Gasteiger partial charge is 0.306 e. The zero-order chi connectivity index (χ0) is 22.0. The van der Waals surface area contributed by atoms with Crippen LogP contribution in [0.4, 0.5) is 0 Å². The standard InChI is InChI=1S/C28H46O2/c1-3-5-7-9-11-13-15-16-17-18-20-22-24-26-28(29)30-27-25-23-21-19-14-12-10-8-6-4-2/h4,6,8,10,12,14,19,21,23,25H,3,5,7,9,11,13,15-18,20,22,24,26-27H2,1-2H3. The second-order valence-corrected chi connectivity index (χ2v) is 7.78. The maximum Gasteiger partial charge on any atom is 0.306 e. The van der Waals surface area contributed by atoms with Crippen molar-refractivity contribution in [3.8, 4) is 0 Å². The molecule has 0 saturated carbocycles. The molecule has 0 heterocycles. The normalized spacial score (nSPS) is 12.5. The van der Waals surface area contributed by atoms with E-state index >= 15 is 0 Å². The minimum atomic E-state index is -0.0827. The third-order valence-corrected chi connectivity index (χ3v) is 4.93. The highest BCUT2D eigenvalue weighted by molar-refractivity contribution is 5.69. The van der Waals surface area contributed by atoms with E-state index in [9.17, 15) is 4.79 Å². The van der Waals surface area contributed by atoms with Crippen molar-refractivity contribution in [2.24, 2.45) is 0 Å². The van der Waals surface area contributed by atoms with Crippen molar-refractivity contribution in [2.75, 3.05) is 6.61 Å². The second kappa shape index (κ2) is 25.2. The summed E-state index contributed by atoms with van der Waals surface area (Å²) in [5, 5.41) is 0. The van der Waals surface area contributed by atoms with E-state index in [1.54, 1.807) is 0 Å². The van der Waals surface area contributed by atoms with E-state index in [0.29, 0.717) is 13.0 Å². The number of rotatable bonds is 20. The van der Waals surface area contributed by atoms with Crippen molar-refractivity contribution in [1.29, 1.82) is 0 Å². The van der Waals surface area contributed by atoms with Crippen LogP contribution >= 0.6 is 0 Å². The Bertz CT molecular complexity index is 509. The van der Waals surface area contributed by atoms with Gasteiger partial charge in [-0.3, -0.25) is 4.79 Å². The van der Waals surface area contributed by atoms with Gasteiger partial charge in [-0.05, 0) is 19.4 Å². The summed E-state index contributed by atoms with van der Waals surface area (Å²) < 4.78 is 5.22. The molecule has 0 aromatic heterocycles. The zero-order valence-corrected chi connectivity index (χ0v) is 19.7. The summed E-state index contributed by atoms with van der Waals surface area (Å²) in [4.78, 5) is 11.7. The van der Waals surface area contributed by atoms with Crippen LogP contribution < -0.4 is 0 Å². The highest BCUT2D eigenvalue weighted by Gasteiger charge is 2.01. The molecule has 0 atom stereocenters. The fourth-order valence-electron chi connectivity index (χ4n) is 3.13. The van der Waals surface area contributed by atoms with Gasteiger partial charge in [-0.2, -0.15) is 0 Å². The molecule has 0 aromatic carbocycles. The monoisotopic (exact) mass is 414 g/mol. The molecule has 30 heavy (non-hydrogen) atoms. The van der Waals surface area contributed by atoms with Crippen molar-refractivity contribution < 1.29 is 9.53 Å². The molecule has 0 bridgehead atoms. The minimum absolute atomic E-state index is 0.0827. The van der Waals surface area contributed by atoms with Crippen LogP contribution in [0.3, 0.4) is 0 Å². The Morgan fingerprint density at radius 2 is 1.03 bits per heavy atom. The maximum absolute atomic E-state index is 11.7. The summed E-state index contributed by atoms with van der Waals surface area (Å²) in [6.45, 7) is 4.62. The first-order valence-corrected chi connectivity index (χ1v) is 12.2. The Kier molecular flexibility index (Phi) is 23.7. The van der Waals surface area contributed by atoms with Gasteiger partial charge in [-0.1, -0.05) is 139 Å². The predicted octanol–water partition coefficient (Wildman–Crippen LogP) is 8.81. The lowest BCUT2D eigenvalue weighted by Crippen LogP contribution is -2.03. The number of carbonyl (C=O) groups excluding carboxylic acids is 1. The molecule has 0 unspecified atom stereocenters. The van der Waals surface area contributed by atoms with Gasteiger partial charge in [0.2, 0.25) is 0 Å². The van der Waals surface area contributed by atoms with Gasteiger partial charge in [0.1, 0.15) is 6.61 Å². The molecule has 0 saturated heterocycles. The van der Waals surface area contributed by atoms with Crippen LogP contribution in [-0.4, -0.2) is 12.6 Å². The number of unbranched alkanes of at least 4 members (excludes halogenated alkanes) is 12. The van der Waals surface area contributed by atoms with Crippen molar-refractivity contribution in [3.05, 3.63) is 60.8 Å². The lowest BCUT2D eigenvalue weighted by Gasteiger charge is -2.03. The summed E-state index contributed by atoms with van der Waals surface area (Å²) in [6.07, 6.45) is 37.2. The average molecular weight is 415 g/mol. The fraction of sp³-hybridized carbons (Fsp3) is 0.607. The summed E-state index contributed by atoms with van der Waals surface area (Å²) in [5.41, 5.74) is 0. The van der Waals surface area contributed by atoms with Crippen molar-refractivity contribution in [3.63, 3.8) is 0 Å². The molecule has 0 amide bonds. The van der Waals surface area contributed by atoms with Crippen LogP contribution in [0.5, 0.6) is 0 Å². The van der Waals surface area contributed by atoms with E-state index in [-0.39, 0.29) is 5.97 Å². The molecule has 0 spiro atoms. The van der Waals surface area contributed by atoms with Gasteiger partial charge >= 0.3 is 5.97 Å². The first kappa shape index (κ1) is 28.2. The van der Waals surface area contributed by atoms with Crippen LogP contribution in [-0.2, 0) is 9.53 Å². The Morgan fingerprint density at radius 3 is 1.53 bits per heavy atom. The molecule has 0 aliphatic rings. The first-order valence-electron chi connectivity index (χ1n) is 12.2. The summed E-state index contributed by atoms with van der Waals surface area (Å²) >= 11 is 0. The molecule has 170 valence electrons. The van der Waals surface area contributed by atoms with Crippen LogP contribution in [0, 0.1) is 0 Å². The van der Waals surface area contributed by atoms with E-state index in [1.165, 1.54) is 70.6 Å². The molecule has 2 heteroatoms. The molecule has 0 aromatic rings. The number of esters is 1. The number of allylic oxidation sites excluding steroid dienone is 9. The SMILES string of the molecule is CC=CC=CC=CC=CC=CCOC(=O)CCCCCCCCCCCCCCC. The van der Waals surface area contributed by atoms with Gasteiger partial charge in [0.05, 0.1) is 0 Å². The van der Waals surface area contributed by atoms with Crippen LogP contribution in [0.15, 0.2) is 60.8 Å². The van der Waals surface area contributed by atoms with Crippen LogP contribution in [0.1, 0.15) is 104 Å². The predicted molar refractivity (Wildman–Crippen MR) is 133 cm³/mol. The highest BCUT2D eigenvalue weighted by atomic mass is 16.5. The van der Waals surface area contributed by atoms with Gasteiger partial charge in [0, 0.05) is 6.42 Å². The Labute approximate surface area is 186 Å². The quantitative estimate of drug-likeness (QED) is 0.113. The fourth-order valence-corrected chi connectivity index (χ4v) is 3.13. The maximum atomic E-state index is 11.7. The molecule has 0 rings (SSSR count). The molecule has 0 fully saturated rings. The van der Waals surface area contributed by atoms with E-state index in [1.807, 2.05) is 67.7 Å². The lowest BCUT2D eigenvalue weighted by atomic mass is 10.0. The van der Waals surface area contributed by atoms with Crippen molar-refractivity contribution in [2.45, 2.75) is 104 Å². The van der Waals surface area contributed by atoms with Crippen LogP contribution in [0.25, 0.3) is 0 Å². The molecular weight excluding hydrogens is 368 g/mol. The Hall–Kier alpha value is -1.83. The van der Waals surface area contributed by atoms with Crippen molar-refractivity contribution >= 4 is 5.97 Å². The largest absolute Gasteiger partial charge is 0.461 e. The van der Waals surface area contributed by atoms with E-state index < -0.39 is 0 Å². The molecule has 0 radical (unpaired) electrons. The average Bonchev–Trinajstić information content (AvgIpc) is 2.75. The lowest BCUT2D eigenvalue weighted by molar-refractivity contribution is -0.142. The molecule has 0 aliphatic heterocycles. The van der Waals surface area contributed by atoms with E-state index in [4.69, 9.17) is 4.74 Å². The third-order valence-electron chi connectivity index (χ3n) is 4.93. The Morgan fingerprint density at radius 1 is 0.600 bits per heavy atom. The topological polar surface area (TPSA) is 26.3 Å². The molecule has 0 N–H and O–H groups in total. The molecule has 0 aliphatic carbocycles. The van der Waals surface area contributed by atoms with Gasteiger partial charge in [-0.25, -0.2) is 0 Å². The zero-order valence-electron chi connectivity index (χ0n) is 19.7. The van der Waals surface area contributed by atoms with Crippen molar-refractivity contribution in [1.82, 2.24) is 0 Å². The summed E-state index contributed by atoms with van der Waals surface area (Å²) in [7, 11) is 0. The molecular formula is C28H46O2. The third kappa shape index (κ3) is 24.2. The number of hydrogen-bond acceptors (Lipinski definition) is 2. The van der Waals surface area contributed by atoms with E-state index in [2.05, 4.69) is 6.92 Å². The number of hydrogen-bond donors (Lipinski definition) is 0. The minimum Gasteiger partial charge on any atom is -0.461 e. The number of ether oxygens (including phenoxy) is 1. The number of carbonyl (C=O) groups is 1. The van der Waals surface area contributed by atoms with Gasteiger partial charge < -0.3 is 4.74 Å². The second-order valence-electron chi connectivity index (χ2n) is 7.78. The summed E-state index contributed by atoms with van der Waals surface area (Å²) in [6, 6.07) is 0. The first-order chi connectivity index (χ1) is 14.8. The molecule has 2 nitrogen and oxygen atoms in total. The highest BCUT2D eigenvalue weighted by Crippen LogP contribution is 2.13. The van der Waals surface area contributed by atoms with E-state index in [0.717, 1.165) is 12.8 Å².